The third-order valence-electron chi connectivity index (χ3n) is 2.44. The van der Waals surface area contributed by atoms with Crippen LogP contribution in [0.15, 0.2) is 41.0 Å². The van der Waals surface area contributed by atoms with Crippen LogP contribution in [0.3, 0.4) is 0 Å². The maximum atomic E-state index is 12.1. The largest absolute Gasteiger partial charge is 0.507 e. The number of benzene rings is 1. The van der Waals surface area contributed by atoms with Gasteiger partial charge in [0.2, 0.25) is 0 Å². The van der Waals surface area contributed by atoms with E-state index in [0.717, 1.165) is 0 Å². The quantitative estimate of drug-likeness (QED) is 0.911. The average molecular weight is 323 g/mol. The highest BCUT2D eigenvalue weighted by Crippen LogP contribution is 2.25. The molecule has 6 heteroatoms. The number of phenols is 1. The molecule has 0 saturated heterocycles. The number of hydrogen-bond donors (Lipinski definition) is 2. The van der Waals surface area contributed by atoms with Crippen LogP contribution in [0.4, 0.5) is 5.82 Å². The number of methoxy groups -OCH3 is 1. The molecular weight excluding hydrogens is 312 g/mol. The summed E-state index contributed by atoms with van der Waals surface area (Å²) >= 11 is 3.28. The average Bonchev–Trinajstić information content (AvgIpc) is 2.42. The monoisotopic (exact) mass is 322 g/mol. The smallest absolute Gasteiger partial charge is 0.260 e. The summed E-state index contributed by atoms with van der Waals surface area (Å²) in [4.78, 5) is 16.1. The molecule has 0 aliphatic carbocycles. The minimum Gasteiger partial charge on any atom is -0.507 e. The molecule has 19 heavy (non-hydrogen) atoms. The van der Waals surface area contributed by atoms with Gasteiger partial charge in [0.25, 0.3) is 5.91 Å². The highest BCUT2D eigenvalue weighted by atomic mass is 79.9. The summed E-state index contributed by atoms with van der Waals surface area (Å²) in [7, 11) is 1.49. The highest BCUT2D eigenvalue weighted by Gasteiger charge is 2.14. The van der Waals surface area contributed by atoms with E-state index in [2.05, 4.69) is 26.2 Å². The van der Waals surface area contributed by atoms with Crippen LogP contribution in [0.1, 0.15) is 10.4 Å². The summed E-state index contributed by atoms with van der Waals surface area (Å²) in [5.74, 6) is 0.291. The van der Waals surface area contributed by atoms with E-state index in [1.54, 1.807) is 24.4 Å². The Morgan fingerprint density at radius 3 is 2.89 bits per heavy atom. The van der Waals surface area contributed by atoms with Gasteiger partial charge < -0.3 is 15.2 Å². The molecular formula is C13H11BrN2O3. The first-order valence-corrected chi connectivity index (χ1v) is 6.20. The van der Waals surface area contributed by atoms with Gasteiger partial charge >= 0.3 is 0 Å². The number of nitrogens with one attached hydrogen (secondary N) is 1. The van der Waals surface area contributed by atoms with Crippen LogP contribution in [0.2, 0.25) is 0 Å². The van der Waals surface area contributed by atoms with Crippen molar-refractivity contribution in [1.82, 2.24) is 4.98 Å². The lowest BCUT2D eigenvalue weighted by Gasteiger charge is -2.08. The molecule has 1 amide bonds. The van der Waals surface area contributed by atoms with E-state index in [9.17, 15) is 9.90 Å². The van der Waals surface area contributed by atoms with E-state index in [0.29, 0.717) is 16.0 Å². The van der Waals surface area contributed by atoms with Gasteiger partial charge in [0.05, 0.1) is 17.1 Å². The highest BCUT2D eigenvalue weighted by molar-refractivity contribution is 9.10. The van der Waals surface area contributed by atoms with Gasteiger partial charge in [-0.05, 0) is 46.3 Å². The first kappa shape index (κ1) is 13.4. The van der Waals surface area contributed by atoms with E-state index in [4.69, 9.17) is 4.74 Å². The number of pyridine rings is 1. The normalized spacial score (nSPS) is 10.0. The topological polar surface area (TPSA) is 71.5 Å². The summed E-state index contributed by atoms with van der Waals surface area (Å²) in [6, 6.07) is 7.93. The van der Waals surface area contributed by atoms with Gasteiger partial charge in [-0.3, -0.25) is 4.79 Å². The first-order chi connectivity index (χ1) is 9.11. The lowest BCUT2D eigenvalue weighted by molar-refractivity contribution is 0.102. The zero-order chi connectivity index (χ0) is 13.8. The Kier molecular flexibility index (Phi) is 4.01. The van der Waals surface area contributed by atoms with E-state index in [-0.39, 0.29) is 11.3 Å². The Morgan fingerprint density at radius 1 is 1.42 bits per heavy atom. The number of aromatic nitrogens is 1. The van der Waals surface area contributed by atoms with Crippen LogP contribution in [0, 0.1) is 0 Å². The van der Waals surface area contributed by atoms with E-state index < -0.39 is 5.91 Å². The van der Waals surface area contributed by atoms with Crippen LogP contribution in [0.25, 0.3) is 0 Å². The molecule has 0 saturated carbocycles. The maximum Gasteiger partial charge on any atom is 0.260 e. The number of carbonyl (C=O) groups is 1. The van der Waals surface area contributed by atoms with Crippen LogP contribution in [-0.4, -0.2) is 23.1 Å². The van der Waals surface area contributed by atoms with Gasteiger partial charge in [0.1, 0.15) is 17.3 Å². The Morgan fingerprint density at radius 2 is 2.21 bits per heavy atom. The zero-order valence-electron chi connectivity index (χ0n) is 10.1. The molecule has 98 valence electrons. The SMILES string of the molecule is COc1ccc(O)c(C(=O)Nc2ncccc2Br)c1. The van der Waals surface area contributed by atoms with Gasteiger partial charge in [-0.1, -0.05) is 0 Å². The lowest BCUT2D eigenvalue weighted by Crippen LogP contribution is -2.13. The number of carbonyl (C=O) groups excluding carboxylic acids is 1. The fourth-order valence-electron chi connectivity index (χ4n) is 1.48. The molecule has 0 unspecified atom stereocenters. The second kappa shape index (κ2) is 5.71. The Hall–Kier alpha value is -2.08. The van der Waals surface area contributed by atoms with Crippen molar-refractivity contribution in [2.75, 3.05) is 12.4 Å². The van der Waals surface area contributed by atoms with Gasteiger partial charge in [0, 0.05) is 6.20 Å². The second-order valence-electron chi connectivity index (χ2n) is 3.67. The fraction of sp³-hybridized carbons (Fsp3) is 0.0769. The zero-order valence-corrected chi connectivity index (χ0v) is 11.6. The van der Waals surface area contributed by atoms with E-state index in [1.165, 1.54) is 19.2 Å². The second-order valence-corrected chi connectivity index (χ2v) is 4.53. The summed E-state index contributed by atoms with van der Waals surface area (Å²) in [5.41, 5.74) is 0.122. The minimum atomic E-state index is -0.462. The van der Waals surface area contributed by atoms with Crippen molar-refractivity contribution in [2.24, 2.45) is 0 Å². The molecule has 0 aliphatic heterocycles. The summed E-state index contributed by atoms with van der Waals surface area (Å²) < 4.78 is 5.68. The summed E-state index contributed by atoms with van der Waals surface area (Å²) in [6.07, 6.45) is 1.56. The fourth-order valence-corrected chi connectivity index (χ4v) is 1.83. The van der Waals surface area contributed by atoms with Crippen LogP contribution in [0.5, 0.6) is 11.5 Å². The molecule has 1 aromatic heterocycles. The number of amides is 1. The van der Waals surface area contributed by atoms with Crippen molar-refractivity contribution < 1.29 is 14.6 Å². The van der Waals surface area contributed by atoms with E-state index >= 15 is 0 Å². The molecule has 2 rings (SSSR count). The number of phenolic OH excluding ortho intramolecular Hbond substituents is 1. The van der Waals surface area contributed by atoms with Gasteiger partial charge in [0.15, 0.2) is 0 Å². The van der Waals surface area contributed by atoms with Crippen LogP contribution >= 0.6 is 15.9 Å². The van der Waals surface area contributed by atoms with Crippen LogP contribution in [-0.2, 0) is 0 Å². The number of halogens is 1. The van der Waals surface area contributed by atoms with Crippen molar-refractivity contribution in [3.05, 3.63) is 46.6 Å². The first-order valence-electron chi connectivity index (χ1n) is 5.40. The Balaban J connectivity index is 2.28. The molecule has 0 radical (unpaired) electrons. The number of aromatic hydroxyl groups is 1. The third kappa shape index (κ3) is 3.03. The molecule has 0 atom stereocenters. The van der Waals surface area contributed by atoms with Crippen molar-refractivity contribution in [2.45, 2.75) is 0 Å². The minimum absolute atomic E-state index is 0.120. The van der Waals surface area contributed by atoms with Gasteiger partial charge in [-0.15, -0.1) is 0 Å². The van der Waals surface area contributed by atoms with Gasteiger partial charge in [-0.25, -0.2) is 4.98 Å². The number of hydrogen-bond acceptors (Lipinski definition) is 4. The Labute approximate surface area is 118 Å². The van der Waals surface area contributed by atoms with Crippen LogP contribution < -0.4 is 10.1 Å². The number of anilines is 1. The number of ether oxygens (including phenoxy) is 1. The maximum absolute atomic E-state index is 12.1. The molecule has 2 N–H and O–H groups in total. The molecule has 1 aromatic carbocycles. The predicted octanol–water partition coefficient (Wildman–Crippen LogP) is 2.81. The van der Waals surface area contributed by atoms with E-state index in [1.807, 2.05) is 0 Å². The molecule has 0 aliphatic rings. The number of rotatable bonds is 3. The third-order valence-corrected chi connectivity index (χ3v) is 3.08. The molecule has 1 heterocycles. The van der Waals surface area contributed by atoms with Gasteiger partial charge in [-0.2, -0.15) is 0 Å². The van der Waals surface area contributed by atoms with Crippen molar-refractivity contribution >= 4 is 27.7 Å². The predicted molar refractivity (Wildman–Crippen MR) is 74.5 cm³/mol. The molecule has 0 bridgehead atoms. The van der Waals surface area contributed by atoms with Crippen molar-refractivity contribution in [3.8, 4) is 11.5 Å². The summed E-state index contributed by atoms with van der Waals surface area (Å²) in [6.45, 7) is 0. The molecule has 0 fully saturated rings. The summed E-state index contributed by atoms with van der Waals surface area (Å²) in [5, 5.41) is 12.3. The standard InChI is InChI=1S/C13H11BrN2O3/c1-19-8-4-5-11(17)9(7-8)13(18)16-12-10(14)3-2-6-15-12/h2-7,17H,1H3,(H,15,16,18). The molecule has 0 spiro atoms. The number of nitrogens with zero attached hydrogens (tertiary/aromatic N) is 1. The molecule has 5 nitrogen and oxygen atoms in total. The lowest BCUT2D eigenvalue weighted by atomic mass is 10.1. The van der Waals surface area contributed by atoms with Crippen molar-refractivity contribution in [3.63, 3.8) is 0 Å². The Bertz CT molecular complexity index is 617. The molecule has 2 aromatic rings. The van der Waals surface area contributed by atoms with Crippen molar-refractivity contribution in [1.29, 1.82) is 0 Å².